The molecule has 27 heavy (non-hydrogen) atoms. The zero-order valence-corrected chi connectivity index (χ0v) is 17.0. The number of allylic oxidation sites excluding steroid dienone is 2. The number of furan rings is 2. The van der Waals surface area contributed by atoms with Crippen LogP contribution in [0.4, 0.5) is 0 Å². The fourth-order valence-electron chi connectivity index (χ4n) is 4.15. The van der Waals surface area contributed by atoms with Crippen LogP contribution >= 0.6 is 20.7 Å². The molecule has 3 heteroatoms. The van der Waals surface area contributed by atoms with Crippen molar-refractivity contribution in [3.8, 4) is 0 Å². The first kappa shape index (κ1) is 15.6. The first-order valence-corrected chi connectivity index (χ1v) is 11.5. The van der Waals surface area contributed by atoms with Crippen molar-refractivity contribution in [3.63, 3.8) is 0 Å². The molecular weight excluding hydrogens is 447 g/mol. The summed E-state index contributed by atoms with van der Waals surface area (Å²) in [4.78, 5) is 0. The molecule has 0 radical (unpaired) electrons. The maximum atomic E-state index is 6.30. The van der Waals surface area contributed by atoms with E-state index in [1.54, 1.807) is 0 Å². The molecule has 3 heterocycles. The van der Waals surface area contributed by atoms with Gasteiger partial charge >= 0.3 is 0 Å². The average molecular weight is 464 g/mol. The molecule has 2 aliphatic rings. The minimum absolute atomic E-state index is 0.128. The fraction of sp³-hybridized carbons (Fsp3) is 0.125. The predicted molar refractivity (Wildman–Crippen MR) is 121 cm³/mol. The molecule has 0 atom stereocenters. The summed E-state index contributed by atoms with van der Waals surface area (Å²) >= 11 is -0.128. The van der Waals surface area contributed by atoms with Gasteiger partial charge in [-0.3, -0.25) is 0 Å². The number of para-hydroxylation sites is 1. The van der Waals surface area contributed by atoms with Gasteiger partial charge in [0, 0.05) is 33.9 Å². The molecule has 4 aromatic rings. The number of halogens is 1. The van der Waals surface area contributed by atoms with Crippen LogP contribution in [0, 0.1) is 10.7 Å². The lowest BCUT2D eigenvalue weighted by Crippen LogP contribution is -1.97. The van der Waals surface area contributed by atoms with E-state index in [0.717, 1.165) is 29.8 Å². The third-order valence-corrected chi connectivity index (χ3v) is 7.59. The summed E-state index contributed by atoms with van der Waals surface area (Å²) in [6, 6.07) is 12.9. The molecule has 2 aromatic carbocycles. The van der Waals surface area contributed by atoms with Crippen LogP contribution in [0.2, 0.25) is 0 Å². The largest absolute Gasteiger partial charge is 0.455 e. The molecule has 0 bridgehead atoms. The van der Waals surface area contributed by atoms with E-state index in [1.165, 1.54) is 42.4 Å². The molecule has 1 aliphatic heterocycles. The van der Waals surface area contributed by atoms with Crippen LogP contribution in [0.1, 0.15) is 34.4 Å². The topological polar surface area (TPSA) is 26.3 Å². The molecule has 0 spiro atoms. The van der Waals surface area contributed by atoms with Crippen LogP contribution < -0.4 is 0 Å². The molecule has 1 aliphatic carbocycles. The van der Waals surface area contributed by atoms with E-state index in [0.29, 0.717) is 0 Å². The molecule has 0 N–H and O–H groups in total. The highest BCUT2D eigenvalue weighted by Gasteiger charge is 2.23. The van der Waals surface area contributed by atoms with Crippen molar-refractivity contribution >= 4 is 64.4 Å². The normalized spacial score (nSPS) is 15.5. The van der Waals surface area contributed by atoms with E-state index >= 15 is 0 Å². The third kappa shape index (κ3) is 2.34. The lowest BCUT2D eigenvalue weighted by molar-refractivity contribution is 0.484. The Labute approximate surface area is 166 Å². The smallest absolute Gasteiger partial charge is 0.166 e. The van der Waals surface area contributed by atoms with Crippen LogP contribution in [-0.2, 0) is 6.42 Å². The molecular formula is C24H17IO2. The molecule has 2 aromatic heterocycles. The van der Waals surface area contributed by atoms with Gasteiger partial charge in [-0.25, -0.2) is 0 Å². The number of hydrogen-bond donors (Lipinski definition) is 0. The van der Waals surface area contributed by atoms with Crippen molar-refractivity contribution in [1.29, 1.82) is 0 Å². The van der Waals surface area contributed by atoms with Crippen LogP contribution in [0.5, 0.6) is 0 Å². The maximum absolute atomic E-state index is 6.30. The summed E-state index contributed by atoms with van der Waals surface area (Å²) in [5, 5.41) is 2.40. The van der Waals surface area contributed by atoms with Crippen molar-refractivity contribution in [3.05, 3.63) is 74.3 Å². The van der Waals surface area contributed by atoms with Crippen molar-refractivity contribution < 1.29 is 8.83 Å². The van der Waals surface area contributed by atoms with E-state index in [-0.39, 0.29) is 20.7 Å². The standard InChI is InChI=1S/C24H17IO2/c1-14-7-9-21-19(12-14)17-5-2-4-16(23(17)26-21)15-8-10-22-20(13-15)18-6-3-11-25-24(18)27-22/h2-7,9,11-13H,8,10H2,1H3. The zero-order chi connectivity index (χ0) is 18.0. The van der Waals surface area contributed by atoms with Crippen molar-refractivity contribution in [1.82, 2.24) is 0 Å². The van der Waals surface area contributed by atoms with Crippen molar-refractivity contribution in [2.24, 2.45) is 0 Å². The summed E-state index contributed by atoms with van der Waals surface area (Å²) in [6.07, 6.45) is 8.65. The van der Waals surface area contributed by atoms with Gasteiger partial charge in [0.2, 0.25) is 0 Å². The van der Waals surface area contributed by atoms with E-state index < -0.39 is 0 Å². The van der Waals surface area contributed by atoms with Crippen LogP contribution in [0.25, 0.3) is 39.7 Å². The number of fused-ring (bicyclic) bond motifs is 6. The second kappa shape index (κ2) is 5.80. The Balaban J connectivity index is 1.58. The monoisotopic (exact) mass is 464 g/mol. The van der Waals surface area contributed by atoms with Gasteiger partial charge in [0.1, 0.15) is 16.9 Å². The summed E-state index contributed by atoms with van der Waals surface area (Å²) < 4.78 is 15.9. The second-order valence-electron chi connectivity index (χ2n) is 7.17. The zero-order valence-electron chi connectivity index (χ0n) is 14.9. The number of rotatable bonds is 1. The molecule has 0 amide bonds. The Morgan fingerprint density at radius 1 is 0.963 bits per heavy atom. The van der Waals surface area contributed by atoms with E-state index in [1.807, 2.05) is 0 Å². The van der Waals surface area contributed by atoms with E-state index in [2.05, 4.69) is 65.6 Å². The van der Waals surface area contributed by atoms with Gasteiger partial charge in [-0.1, -0.05) is 35.9 Å². The van der Waals surface area contributed by atoms with Gasteiger partial charge in [-0.15, -0.1) is 0 Å². The molecule has 0 fully saturated rings. The van der Waals surface area contributed by atoms with Crippen molar-refractivity contribution in [2.45, 2.75) is 19.8 Å². The van der Waals surface area contributed by atoms with Crippen LogP contribution in [-0.4, -0.2) is 4.01 Å². The Hall–Kier alpha value is -2.40. The molecule has 6 rings (SSSR count). The van der Waals surface area contributed by atoms with Gasteiger partial charge in [0.05, 0.1) is 0 Å². The number of hydrogen-bond acceptors (Lipinski definition) is 2. The Morgan fingerprint density at radius 3 is 2.89 bits per heavy atom. The second-order valence-corrected chi connectivity index (χ2v) is 9.50. The van der Waals surface area contributed by atoms with Gasteiger partial charge in [-0.2, -0.15) is 0 Å². The average Bonchev–Trinajstić information content (AvgIpc) is 3.25. The molecule has 2 nitrogen and oxygen atoms in total. The predicted octanol–water partition coefficient (Wildman–Crippen LogP) is 6.94. The van der Waals surface area contributed by atoms with Crippen molar-refractivity contribution in [2.75, 3.05) is 0 Å². The summed E-state index contributed by atoms with van der Waals surface area (Å²) in [5.41, 5.74) is 8.35. The van der Waals surface area contributed by atoms with Crippen LogP contribution in [0.15, 0.2) is 51.3 Å². The summed E-state index contributed by atoms with van der Waals surface area (Å²) in [7, 11) is 0. The SMILES string of the molecule is Cc1ccc2oc3c(C4=Cc5c(oc6c5C=CC=I6)CC4)cccc3c2c1. The highest BCUT2D eigenvalue weighted by molar-refractivity contribution is 14.2. The lowest BCUT2D eigenvalue weighted by Gasteiger charge is -2.13. The maximum Gasteiger partial charge on any atom is 0.166 e. The number of aryl methyl sites for hydroxylation is 2. The van der Waals surface area contributed by atoms with Gasteiger partial charge in [0.15, 0.2) is 3.77 Å². The summed E-state index contributed by atoms with van der Waals surface area (Å²) in [5.74, 6) is 1.15. The summed E-state index contributed by atoms with van der Waals surface area (Å²) in [6.45, 7) is 2.13. The molecule has 0 unspecified atom stereocenters. The Bertz CT molecular complexity index is 1330. The first-order chi connectivity index (χ1) is 13.3. The molecule has 132 valence electrons. The van der Waals surface area contributed by atoms with E-state index in [4.69, 9.17) is 8.83 Å². The van der Waals surface area contributed by atoms with Gasteiger partial charge in [0.25, 0.3) is 0 Å². The van der Waals surface area contributed by atoms with Gasteiger partial charge < -0.3 is 8.83 Å². The van der Waals surface area contributed by atoms with Gasteiger partial charge in [-0.05, 0) is 67.9 Å². The highest BCUT2D eigenvalue weighted by atomic mass is 127. The quantitative estimate of drug-likeness (QED) is 0.285. The Morgan fingerprint density at radius 2 is 1.93 bits per heavy atom. The number of benzene rings is 2. The third-order valence-electron chi connectivity index (χ3n) is 5.45. The minimum Gasteiger partial charge on any atom is -0.455 e. The highest BCUT2D eigenvalue weighted by Crippen LogP contribution is 2.41. The van der Waals surface area contributed by atoms with Crippen LogP contribution in [0.3, 0.4) is 0 Å². The fourth-order valence-corrected chi connectivity index (χ4v) is 6.09. The Kier molecular flexibility index (Phi) is 3.36. The van der Waals surface area contributed by atoms with E-state index in [9.17, 15) is 0 Å². The first-order valence-electron chi connectivity index (χ1n) is 9.20. The minimum atomic E-state index is -0.128. The lowest BCUT2D eigenvalue weighted by atomic mass is 9.90. The molecule has 0 saturated carbocycles. The molecule has 0 saturated heterocycles.